The maximum absolute atomic E-state index is 12.0. The Morgan fingerprint density at radius 3 is 2.41 bits per heavy atom. The van der Waals surface area contributed by atoms with Crippen LogP contribution in [0, 0.1) is 11.8 Å². The quantitative estimate of drug-likeness (QED) is 0.772. The average molecular weight is 304 g/mol. The van der Waals surface area contributed by atoms with E-state index in [1.54, 1.807) is 18.5 Å². The Bertz CT molecular complexity index is 502. The molecule has 2 fully saturated rings. The molecule has 0 unspecified atom stereocenters. The van der Waals surface area contributed by atoms with Gasteiger partial charge in [-0.1, -0.05) is 0 Å². The summed E-state index contributed by atoms with van der Waals surface area (Å²) in [4.78, 5) is 28.6. The second-order valence-electron chi connectivity index (χ2n) is 6.37. The summed E-state index contributed by atoms with van der Waals surface area (Å²) in [6, 6.07) is 1.84. The number of hydrogen-bond donors (Lipinski definition) is 3. The van der Waals surface area contributed by atoms with E-state index in [2.05, 4.69) is 15.6 Å². The lowest BCUT2D eigenvalue weighted by Gasteiger charge is -2.32. The highest BCUT2D eigenvalue weighted by Crippen LogP contribution is 2.27. The van der Waals surface area contributed by atoms with Crippen molar-refractivity contribution in [3.63, 3.8) is 0 Å². The molecule has 0 aromatic carbocycles. The standard InChI is InChI=1S/C16H24N4O2/c21-15(14-3-6-17-11-14)18-9-13-4-7-20(8-5-13)16(22)19-10-12-1-2-12/h3,6,11-13,17H,1-2,4-5,7-10H2,(H,18,21)(H,19,22). The van der Waals surface area contributed by atoms with Gasteiger partial charge in [-0.05, 0) is 43.6 Å². The predicted molar refractivity (Wildman–Crippen MR) is 83.5 cm³/mol. The van der Waals surface area contributed by atoms with E-state index in [4.69, 9.17) is 0 Å². The minimum atomic E-state index is -0.0362. The zero-order valence-corrected chi connectivity index (χ0v) is 12.8. The van der Waals surface area contributed by atoms with Gasteiger partial charge in [-0.3, -0.25) is 4.79 Å². The lowest BCUT2D eigenvalue weighted by atomic mass is 9.97. The maximum Gasteiger partial charge on any atom is 0.317 e. The largest absolute Gasteiger partial charge is 0.367 e. The molecule has 3 N–H and O–H groups in total. The monoisotopic (exact) mass is 304 g/mol. The summed E-state index contributed by atoms with van der Waals surface area (Å²) < 4.78 is 0. The number of likely N-dealkylation sites (tertiary alicyclic amines) is 1. The van der Waals surface area contributed by atoms with Crippen molar-refractivity contribution in [3.05, 3.63) is 24.0 Å². The highest BCUT2D eigenvalue weighted by molar-refractivity contribution is 5.93. The number of urea groups is 1. The van der Waals surface area contributed by atoms with E-state index in [1.807, 2.05) is 4.90 Å². The molecule has 3 rings (SSSR count). The first-order chi connectivity index (χ1) is 10.7. The molecule has 0 spiro atoms. The third kappa shape index (κ3) is 4.02. The van der Waals surface area contributed by atoms with Crippen molar-refractivity contribution >= 4 is 11.9 Å². The number of aromatic amines is 1. The van der Waals surface area contributed by atoms with E-state index in [1.165, 1.54) is 12.8 Å². The second kappa shape index (κ2) is 6.85. The minimum absolute atomic E-state index is 0.0362. The van der Waals surface area contributed by atoms with Gasteiger partial charge in [-0.25, -0.2) is 4.79 Å². The number of nitrogens with zero attached hydrogens (tertiary/aromatic N) is 1. The van der Waals surface area contributed by atoms with Gasteiger partial charge in [-0.2, -0.15) is 0 Å². The third-order valence-corrected chi connectivity index (χ3v) is 4.55. The maximum atomic E-state index is 12.0. The Labute approximate surface area is 130 Å². The van der Waals surface area contributed by atoms with Gasteiger partial charge in [0.25, 0.3) is 5.91 Å². The molecule has 2 aliphatic rings. The van der Waals surface area contributed by atoms with Crippen LogP contribution < -0.4 is 10.6 Å². The number of aromatic nitrogens is 1. The summed E-state index contributed by atoms with van der Waals surface area (Å²) >= 11 is 0. The van der Waals surface area contributed by atoms with Gasteiger partial charge in [0.05, 0.1) is 5.56 Å². The van der Waals surface area contributed by atoms with Crippen LogP contribution in [0.5, 0.6) is 0 Å². The minimum Gasteiger partial charge on any atom is -0.367 e. The molecule has 1 saturated heterocycles. The summed E-state index contributed by atoms with van der Waals surface area (Å²) in [5.41, 5.74) is 0.664. The second-order valence-corrected chi connectivity index (χ2v) is 6.37. The number of carbonyl (C=O) groups is 2. The number of piperidine rings is 1. The molecule has 1 aromatic rings. The molecule has 6 nitrogen and oxygen atoms in total. The van der Waals surface area contributed by atoms with Crippen molar-refractivity contribution in [1.29, 1.82) is 0 Å². The fourth-order valence-electron chi connectivity index (χ4n) is 2.81. The molecule has 22 heavy (non-hydrogen) atoms. The fourth-order valence-corrected chi connectivity index (χ4v) is 2.81. The average Bonchev–Trinajstić information content (AvgIpc) is 3.22. The summed E-state index contributed by atoms with van der Waals surface area (Å²) in [5.74, 6) is 1.13. The first kappa shape index (κ1) is 14.9. The van der Waals surface area contributed by atoms with E-state index in [0.29, 0.717) is 23.9 Å². The molecule has 1 aliphatic heterocycles. The van der Waals surface area contributed by atoms with E-state index in [9.17, 15) is 9.59 Å². The molecule has 3 amide bonds. The lowest BCUT2D eigenvalue weighted by Crippen LogP contribution is -2.46. The first-order valence-corrected chi connectivity index (χ1v) is 8.16. The Hall–Kier alpha value is -1.98. The third-order valence-electron chi connectivity index (χ3n) is 4.55. The molecule has 0 radical (unpaired) electrons. The molecule has 6 heteroatoms. The topological polar surface area (TPSA) is 77.2 Å². The van der Waals surface area contributed by atoms with Crippen LogP contribution in [0.4, 0.5) is 4.79 Å². The van der Waals surface area contributed by atoms with Crippen LogP contribution in [-0.4, -0.2) is 48.0 Å². The Morgan fingerprint density at radius 1 is 1.09 bits per heavy atom. The van der Waals surface area contributed by atoms with Crippen LogP contribution in [0.15, 0.2) is 18.5 Å². The van der Waals surface area contributed by atoms with E-state index >= 15 is 0 Å². The molecular weight excluding hydrogens is 280 g/mol. The van der Waals surface area contributed by atoms with Crippen molar-refractivity contribution in [3.8, 4) is 0 Å². The Morgan fingerprint density at radius 2 is 1.77 bits per heavy atom. The van der Waals surface area contributed by atoms with Gasteiger partial charge >= 0.3 is 6.03 Å². The Kier molecular flexibility index (Phi) is 4.65. The van der Waals surface area contributed by atoms with Gasteiger partial charge < -0.3 is 20.5 Å². The van der Waals surface area contributed by atoms with Crippen molar-refractivity contribution in [2.45, 2.75) is 25.7 Å². The molecule has 0 atom stereocenters. The molecule has 1 aromatic heterocycles. The highest BCUT2D eigenvalue weighted by Gasteiger charge is 2.26. The van der Waals surface area contributed by atoms with Crippen molar-refractivity contribution < 1.29 is 9.59 Å². The number of H-pyrrole nitrogens is 1. The summed E-state index contributed by atoms with van der Waals surface area (Å²) in [6.45, 7) is 3.06. The van der Waals surface area contributed by atoms with Gasteiger partial charge in [0.15, 0.2) is 0 Å². The van der Waals surface area contributed by atoms with Gasteiger partial charge in [0.2, 0.25) is 0 Å². The van der Waals surface area contributed by atoms with Crippen molar-refractivity contribution in [2.75, 3.05) is 26.2 Å². The summed E-state index contributed by atoms with van der Waals surface area (Å²) in [6.07, 6.45) is 7.84. The molecule has 2 heterocycles. The van der Waals surface area contributed by atoms with Gasteiger partial charge in [0, 0.05) is 38.6 Å². The zero-order valence-electron chi connectivity index (χ0n) is 12.8. The number of nitrogens with one attached hydrogen (secondary N) is 3. The van der Waals surface area contributed by atoms with Crippen LogP contribution in [-0.2, 0) is 0 Å². The molecule has 1 saturated carbocycles. The predicted octanol–water partition coefficient (Wildman–Crippen LogP) is 1.58. The summed E-state index contributed by atoms with van der Waals surface area (Å²) in [5, 5.41) is 5.98. The van der Waals surface area contributed by atoms with E-state index < -0.39 is 0 Å². The number of hydrogen-bond acceptors (Lipinski definition) is 2. The van der Waals surface area contributed by atoms with Crippen molar-refractivity contribution in [2.24, 2.45) is 11.8 Å². The normalized spacial score (nSPS) is 19.0. The van der Waals surface area contributed by atoms with Gasteiger partial charge in [0.1, 0.15) is 0 Å². The number of rotatable bonds is 5. The number of amides is 3. The van der Waals surface area contributed by atoms with Crippen LogP contribution in [0.2, 0.25) is 0 Å². The van der Waals surface area contributed by atoms with Crippen LogP contribution >= 0.6 is 0 Å². The van der Waals surface area contributed by atoms with Crippen molar-refractivity contribution in [1.82, 2.24) is 20.5 Å². The van der Waals surface area contributed by atoms with Crippen LogP contribution in [0.25, 0.3) is 0 Å². The highest BCUT2D eigenvalue weighted by atomic mass is 16.2. The molecule has 120 valence electrons. The van der Waals surface area contributed by atoms with Gasteiger partial charge in [-0.15, -0.1) is 0 Å². The number of carbonyl (C=O) groups excluding carboxylic acids is 2. The fraction of sp³-hybridized carbons (Fsp3) is 0.625. The van der Waals surface area contributed by atoms with Crippen LogP contribution in [0.3, 0.4) is 0 Å². The molecular formula is C16H24N4O2. The first-order valence-electron chi connectivity index (χ1n) is 8.16. The van der Waals surface area contributed by atoms with E-state index in [-0.39, 0.29) is 11.9 Å². The zero-order chi connectivity index (χ0) is 15.4. The summed E-state index contributed by atoms with van der Waals surface area (Å²) in [7, 11) is 0. The Balaban J connectivity index is 1.34. The molecule has 0 bridgehead atoms. The van der Waals surface area contributed by atoms with E-state index in [0.717, 1.165) is 32.5 Å². The SMILES string of the molecule is O=C(NCC1CCN(C(=O)NCC2CC2)CC1)c1cc[nH]c1. The van der Waals surface area contributed by atoms with Crippen LogP contribution in [0.1, 0.15) is 36.0 Å². The lowest BCUT2D eigenvalue weighted by molar-refractivity contribution is 0.0938. The smallest absolute Gasteiger partial charge is 0.317 e. The molecule has 1 aliphatic carbocycles.